The van der Waals surface area contributed by atoms with Crippen LogP contribution in [0.5, 0.6) is 0 Å². The molecule has 0 bridgehead atoms. The SMILES string of the molecule is C=C(CN(CCC)CCNCC(C)(F)F)Nc1cc(C)ccn1. The second-order valence-corrected chi connectivity index (χ2v) is 5.97. The number of aryl methyl sites for hydroxylation is 1. The van der Waals surface area contributed by atoms with Crippen LogP contribution in [0.3, 0.4) is 0 Å². The molecule has 0 atom stereocenters. The third-order valence-electron chi connectivity index (χ3n) is 3.21. The summed E-state index contributed by atoms with van der Waals surface area (Å²) in [5.41, 5.74) is 1.97. The van der Waals surface area contributed by atoms with E-state index in [-0.39, 0.29) is 6.54 Å². The molecule has 6 heteroatoms. The lowest BCUT2D eigenvalue weighted by atomic mass is 10.3. The van der Waals surface area contributed by atoms with Crippen LogP contribution in [0.25, 0.3) is 0 Å². The largest absolute Gasteiger partial charge is 0.343 e. The zero-order chi connectivity index (χ0) is 17.3. The van der Waals surface area contributed by atoms with E-state index < -0.39 is 5.92 Å². The summed E-state index contributed by atoms with van der Waals surface area (Å²) in [4.78, 5) is 6.44. The minimum absolute atomic E-state index is 0.292. The Morgan fingerprint density at radius 3 is 2.74 bits per heavy atom. The Balaban J connectivity index is 2.40. The van der Waals surface area contributed by atoms with Gasteiger partial charge in [-0.15, -0.1) is 0 Å². The van der Waals surface area contributed by atoms with Gasteiger partial charge in [0.05, 0.1) is 6.54 Å². The van der Waals surface area contributed by atoms with Gasteiger partial charge < -0.3 is 10.6 Å². The number of nitrogens with zero attached hydrogens (tertiary/aromatic N) is 2. The van der Waals surface area contributed by atoms with Gasteiger partial charge in [-0.25, -0.2) is 13.8 Å². The first kappa shape index (κ1) is 19.5. The predicted octanol–water partition coefficient (Wildman–Crippen LogP) is 3.27. The van der Waals surface area contributed by atoms with E-state index >= 15 is 0 Å². The van der Waals surface area contributed by atoms with Crippen LogP contribution in [-0.2, 0) is 0 Å². The van der Waals surface area contributed by atoms with Crippen LogP contribution in [0.4, 0.5) is 14.6 Å². The van der Waals surface area contributed by atoms with E-state index in [0.717, 1.165) is 37.0 Å². The maximum atomic E-state index is 12.8. The summed E-state index contributed by atoms with van der Waals surface area (Å²) < 4.78 is 25.5. The summed E-state index contributed by atoms with van der Waals surface area (Å²) in [6, 6.07) is 3.90. The Kier molecular flexibility index (Phi) is 8.12. The number of hydrogen-bond donors (Lipinski definition) is 2. The maximum absolute atomic E-state index is 12.8. The van der Waals surface area contributed by atoms with Gasteiger partial charge in [-0.3, -0.25) is 4.90 Å². The Morgan fingerprint density at radius 1 is 1.39 bits per heavy atom. The van der Waals surface area contributed by atoms with Crippen LogP contribution < -0.4 is 10.6 Å². The van der Waals surface area contributed by atoms with Gasteiger partial charge in [-0.2, -0.15) is 0 Å². The Bertz CT molecular complexity index is 486. The van der Waals surface area contributed by atoms with E-state index in [9.17, 15) is 8.78 Å². The van der Waals surface area contributed by atoms with Crippen LogP contribution in [0.1, 0.15) is 25.8 Å². The van der Waals surface area contributed by atoms with Crippen molar-refractivity contribution < 1.29 is 8.78 Å². The van der Waals surface area contributed by atoms with Gasteiger partial charge in [0.2, 0.25) is 0 Å². The van der Waals surface area contributed by atoms with Gasteiger partial charge >= 0.3 is 0 Å². The monoisotopic (exact) mass is 326 g/mol. The third kappa shape index (κ3) is 9.25. The molecule has 0 unspecified atom stereocenters. The molecule has 0 aromatic carbocycles. The molecule has 0 amide bonds. The van der Waals surface area contributed by atoms with Gasteiger partial charge in [0.15, 0.2) is 0 Å². The average Bonchev–Trinajstić information content (AvgIpc) is 2.42. The summed E-state index contributed by atoms with van der Waals surface area (Å²) in [7, 11) is 0. The van der Waals surface area contributed by atoms with E-state index in [2.05, 4.69) is 34.0 Å². The minimum atomic E-state index is -2.67. The van der Waals surface area contributed by atoms with Crippen molar-refractivity contribution in [3.63, 3.8) is 0 Å². The molecule has 1 heterocycles. The van der Waals surface area contributed by atoms with Crippen molar-refractivity contribution in [3.8, 4) is 0 Å². The van der Waals surface area contributed by atoms with Crippen molar-refractivity contribution in [2.75, 3.05) is 38.0 Å². The van der Waals surface area contributed by atoms with Crippen LogP contribution in [0.15, 0.2) is 30.6 Å². The second-order valence-electron chi connectivity index (χ2n) is 5.97. The number of hydrogen-bond acceptors (Lipinski definition) is 4. The van der Waals surface area contributed by atoms with E-state index in [1.54, 1.807) is 6.20 Å². The first-order chi connectivity index (χ1) is 10.8. The molecule has 4 nitrogen and oxygen atoms in total. The molecule has 0 spiro atoms. The van der Waals surface area contributed by atoms with Crippen molar-refractivity contribution in [2.24, 2.45) is 0 Å². The molecule has 23 heavy (non-hydrogen) atoms. The third-order valence-corrected chi connectivity index (χ3v) is 3.21. The summed E-state index contributed by atoms with van der Waals surface area (Å²) in [5.74, 6) is -1.90. The van der Waals surface area contributed by atoms with Crippen molar-refractivity contribution in [3.05, 3.63) is 36.2 Å². The highest BCUT2D eigenvalue weighted by molar-refractivity contribution is 5.42. The molecule has 0 saturated heterocycles. The molecule has 1 aromatic heterocycles. The lowest BCUT2D eigenvalue weighted by Crippen LogP contribution is -2.38. The number of halogens is 2. The molecule has 0 saturated carbocycles. The van der Waals surface area contributed by atoms with Crippen molar-refractivity contribution >= 4 is 5.82 Å². The molecule has 130 valence electrons. The van der Waals surface area contributed by atoms with Crippen molar-refractivity contribution in [1.29, 1.82) is 0 Å². The number of alkyl halides is 2. The molecular formula is C17H28F2N4. The van der Waals surface area contributed by atoms with Gasteiger partial charge in [0.1, 0.15) is 5.82 Å². The van der Waals surface area contributed by atoms with E-state index in [0.29, 0.717) is 19.6 Å². The number of rotatable bonds is 11. The second kappa shape index (κ2) is 9.57. The topological polar surface area (TPSA) is 40.2 Å². The zero-order valence-electron chi connectivity index (χ0n) is 14.3. The maximum Gasteiger partial charge on any atom is 0.257 e. The van der Waals surface area contributed by atoms with Crippen LogP contribution >= 0.6 is 0 Å². The molecule has 0 fully saturated rings. The van der Waals surface area contributed by atoms with Crippen LogP contribution in [0.2, 0.25) is 0 Å². The number of nitrogens with one attached hydrogen (secondary N) is 2. The molecule has 0 radical (unpaired) electrons. The summed E-state index contributed by atoms with van der Waals surface area (Å²) >= 11 is 0. The number of anilines is 1. The van der Waals surface area contributed by atoms with Gasteiger partial charge in [-0.1, -0.05) is 13.5 Å². The van der Waals surface area contributed by atoms with E-state index in [4.69, 9.17) is 0 Å². The fourth-order valence-corrected chi connectivity index (χ4v) is 2.23. The molecule has 1 rings (SSSR count). The summed E-state index contributed by atoms with van der Waals surface area (Å²) in [6.45, 7) is 11.6. The quantitative estimate of drug-likeness (QED) is 0.612. The molecule has 0 aliphatic heterocycles. The summed E-state index contributed by atoms with van der Waals surface area (Å²) in [5, 5.41) is 5.99. The predicted molar refractivity (Wildman–Crippen MR) is 92.0 cm³/mol. The van der Waals surface area contributed by atoms with Crippen molar-refractivity contribution in [2.45, 2.75) is 33.1 Å². The fraction of sp³-hybridized carbons (Fsp3) is 0.588. The first-order valence-corrected chi connectivity index (χ1v) is 7.98. The highest BCUT2D eigenvalue weighted by Crippen LogP contribution is 2.10. The lowest BCUT2D eigenvalue weighted by molar-refractivity contribution is 0.0224. The highest BCUT2D eigenvalue weighted by Gasteiger charge is 2.19. The highest BCUT2D eigenvalue weighted by atomic mass is 19.3. The standard InChI is InChI=1S/C17H28F2N4/c1-5-9-23(10-8-20-13-17(4,18)19)12-15(3)22-16-11-14(2)6-7-21-16/h6-7,11,20H,3,5,8-10,12-13H2,1-2,4H3,(H,21,22). The number of aromatic nitrogens is 1. The smallest absolute Gasteiger partial charge is 0.257 e. The van der Waals surface area contributed by atoms with Gasteiger partial charge in [0.25, 0.3) is 5.92 Å². The zero-order valence-corrected chi connectivity index (χ0v) is 14.3. The Hall–Kier alpha value is -1.53. The average molecular weight is 326 g/mol. The van der Waals surface area contributed by atoms with E-state index in [1.807, 2.05) is 19.1 Å². The Morgan fingerprint density at radius 2 is 2.13 bits per heavy atom. The van der Waals surface area contributed by atoms with Crippen LogP contribution in [-0.4, -0.2) is 48.5 Å². The molecule has 0 aliphatic rings. The lowest BCUT2D eigenvalue weighted by Gasteiger charge is -2.24. The minimum Gasteiger partial charge on any atom is -0.343 e. The molecular weight excluding hydrogens is 298 g/mol. The normalized spacial score (nSPS) is 11.7. The van der Waals surface area contributed by atoms with E-state index in [1.165, 1.54) is 0 Å². The van der Waals surface area contributed by atoms with Gasteiger partial charge in [0, 0.05) is 38.5 Å². The van der Waals surface area contributed by atoms with Gasteiger partial charge in [-0.05, 0) is 37.6 Å². The first-order valence-electron chi connectivity index (χ1n) is 7.98. The van der Waals surface area contributed by atoms with Crippen LogP contribution in [0, 0.1) is 6.92 Å². The fourth-order valence-electron chi connectivity index (χ4n) is 2.23. The molecule has 2 N–H and O–H groups in total. The Labute approximate surface area is 138 Å². The number of pyridine rings is 1. The molecule has 0 aliphatic carbocycles. The molecule has 1 aromatic rings. The van der Waals surface area contributed by atoms with Crippen molar-refractivity contribution in [1.82, 2.24) is 15.2 Å². The summed E-state index contributed by atoms with van der Waals surface area (Å²) in [6.07, 6.45) is 2.75.